The van der Waals surface area contributed by atoms with Crippen LogP contribution in [0.5, 0.6) is 0 Å². The number of thiazole rings is 1. The highest BCUT2D eigenvalue weighted by Crippen LogP contribution is 2.35. The van der Waals surface area contributed by atoms with Crippen molar-refractivity contribution in [1.29, 1.82) is 0 Å². The van der Waals surface area contributed by atoms with E-state index in [0.29, 0.717) is 24.4 Å². The van der Waals surface area contributed by atoms with E-state index in [0.717, 1.165) is 16.4 Å². The minimum atomic E-state index is -0.303. The Hall–Kier alpha value is -1.10. The lowest BCUT2D eigenvalue weighted by atomic mass is 10.2. The van der Waals surface area contributed by atoms with E-state index in [1.165, 1.54) is 12.8 Å². The Labute approximate surface area is 118 Å². The van der Waals surface area contributed by atoms with Gasteiger partial charge in [0.05, 0.1) is 6.61 Å². The molecule has 2 rings (SSSR count). The summed E-state index contributed by atoms with van der Waals surface area (Å²) in [5.74, 6) is -0.303. The number of ether oxygens (including phenoxy) is 1. The monoisotopic (exact) mass is 282 g/mol. The zero-order valence-corrected chi connectivity index (χ0v) is 12.9. The van der Waals surface area contributed by atoms with Crippen LogP contribution >= 0.6 is 11.3 Å². The van der Waals surface area contributed by atoms with Gasteiger partial charge < -0.3 is 9.64 Å². The fourth-order valence-electron chi connectivity index (χ4n) is 2.70. The average molecular weight is 282 g/mol. The van der Waals surface area contributed by atoms with E-state index in [2.05, 4.69) is 23.7 Å². The largest absolute Gasteiger partial charge is 0.461 e. The minimum absolute atomic E-state index is 0.303. The van der Waals surface area contributed by atoms with Gasteiger partial charge in [0.2, 0.25) is 0 Å². The van der Waals surface area contributed by atoms with Crippen molar-refractivity contribution in [2.24, 2.45) is 0 Å². The topological polar surface area (TPSA) is 42.4 Å². The molecule has 1 aromatic rings. The standard InChI is InChI=1S/C14H22N2O2S/c1-5-11-8-7-9(3)16(11)14-15-12(10(4)19-14)13(17)18-6-2/h9,11H,5-8H2,1-4H3. The summed E-state index contributed by atoms with van der Waals surface area (Å²) in [5, 5.41) is 0.970. The summed E-state index contributed by atoms with van der Waals surface area (Å²) in [6.07, 6.45) is 3.54. The molecule has 0 spiro atoms. The van der Waals surface area contributed by atoms with Crippen molar-refractivity contribution in [3.8, 4) is 0 Å². The Kier molecular flexibility index (Phi) is 4.45. The van der Waals surface area contributed by atoms with Gasteiger partial charge in [-0.2, -0.15) is 0 Å². The number of hydrogen-bond donors (Lipinski definition) is 0. The third-order valence-electron chi connectivity index (χ3n) is 3.73. The second-order valence-corrected chi connectivity index (χ2v) is 6.20. The average Bonchev–Trinajstić information content (AvgIpc) is 2.92. The van der Waals surface area contributed by atoms with Crippen LogP contribution in [0.4, 0.5) is 5.13 Å². The van der Waals surface area contributed by atoms with Gasteiger partial charge in [0.1, 0.15) is 0 Å². The van der Waals surface area contributed by atoms with Crippen LogP contribution in [-0.2, 0) is 4.74 Å². The van der Waals surface area contributed by atoms with Crippen LogP contribution < -0.4 is 4.90 Å². The van der Waals surface area contributed by atoms with Crippen molar-refractivity contribution in [2.45, 2.75) is 59.0 Å². The molecule has 4 nitrogen and oxygen atoms in total. The molecule has 0 bridgehead atoms. The van der Waals surface area contributed by atoms with Crippen LogP contribution in [0.15, 0.2) is 0 Å². The van der Waals surface area contributed by atoms with Gasteiger partial charge in [-0.05, 0) is 40.0 Å². The molecule has 1 fully saturated rings. The molecule has 1 saturated heterocycles. The zero-order chi connectivity index (χ0) is 14.0. The number of esters is 1. The van der Waals surface area contributed by atoms with Crippen LogP contribution in [0.25, 0.3) is 0 Å². The van der Waals surface area contributed by atoms with Crippen molar-refractivity contribution in [1.82, 2.24) is 4.98 Å². The summed E-state index contributed by atoms with van der Waals surface area (Å²) in [6.45, 7) is 8.59. The summed E-state index contributed by atoms with van der Waals surface area (Å²) in [6, 6.07) is 1.06. The number of carbonyl (C=O) groups excluding carboxylic acids is 1. The van der Waals surface area contributed by atoms with E-state index in [1.54, 1.807) is 11.3 Å². The van der Waals surface area contributed by atoms with Gasteiger partial charge >= 0.3 is 5.97 Å². The normalized spacial score (nSPS) is 22.8. The van der Waals surface area contributed by atoms with Crippen LogP contribution in [0.3, 0.4) is 0 Å². The third kappa shape index (κ3) is 2.76. The fourth-order valence-corrected chi connectivity index (χ4v) is 3.77. The lowest BCUT2D eigenvalue weighted by molar-refractivity contribution is 0.0519. The SMILES string of the molecule is CCOC(=O)c1nc(N2C(C)CCC2CC)sc1C. The Morgan fingerprint density at radius 1 is 1.47 bits per heavy atom. The first kappa shape index (κ1) is 14.3. The van der Waals surface area contributed by atoms with Crippen LogP contribution in [0.1, 0.15) is 55.4 Å². The Balaban J connectivity index is 2.26. The predicted octanol–water partition coefficient (Wildman–Crippen LogP) is 3.40. The molecular formula is C14H22N2O2S. The molecule has 2 heterocycles. The van der Waals surface area contributed by atoms with Gasteiger partial charge in [0.15, 0.2) is 10.8 Å². The summed E-state index contributed by atoms with van der Waals surface area (Å²) in [4.78, 5) is 19.7. The molecule has 1 aliphatic heterocycles. The summed E-state index contributed by atoms with van der Waals surface area (Å²) in [7, 11) is 0. The van der Waals surface area contributed by atoms with Gasteiger partial charge in [-0.15, -0.1) is 11.3 Å². The van der Waals surface area contributed by atoms with E-state index in [-0.39, 0.29) is 5.97 Å². The molecule has 1 aliphatic rings. The highest BCUT2D eigenvalue weighted by atomic mass is 32.1. The third-order valence-corrected chi connectivity index (χ3v) is 4.72. The van der Waals surface area contributed by atoms with Gasteiger partial charge in [0.25, 0.3) is 0 Å². The number of aromatic nitrogens is 1. The van der Waals surface area contributed by atoms with E-state index in [4.69, 9.17) is 4.74 Å². The number of hydrogen-bond acceptors (Lipinski definition) is 5. The molecule has 0 N–H and O–H groups in total. The van der Waals surface area contributed by atoms with Crippen LogP contribution in [-0.4, -0.2) is 29.6 Å². The smallest absolute Gasteiger partial charge is 0.358 e. The van der Waals surface area contributed by atoms with Crippen molar-refractivity contribution in [2.75, 3.05) is 11.5 Å². The summed E-state index contributed by atoms with van der Waals surface area (Å²) in [5.41, 5.74) is 0.482. The van der Waals surface area contributed by atoms with Gasteiger partial charge in [-0.25, -0.2) is 9.78 Å². The Morgan fingerprint density at radius 3 is 2.84 bits per heavy atom. The second-order valence-electron chi connectivity index (χ2n) is 5.02. The zero-order valence-electron chi connectivity index (χ0n) is 12.1. The first-order valence-electron chi connectivity index (χ1n) is 7.01. The predicted molar refractivity (Wildman–Crippen MR) is 78.1 cm³/mol. The lowest BCUT2D eigenvalue weighted by Crippen LogP contribution is -2.34. The molecule has 0 saturated carbocycles. The molecule has 0 amide bonds. The van der Waals surface area contributed by atoms with Crippen molar-refractivity contribution in [3.63, 3.8) is 0 Å². The van der Waals surface area contributed by atoms with Gasteiger partial charge in [-0.1, -0.05) is 6.92 Å². The summed E-state index contributed by atoms with van der Waals surface area (Å²) >= 11 is 1.60. The Bertz CT molecular complexity index is 458. The first-order valence-corrected chi connectivity index (χ1v) is 7.83. The number of rotatable bonds is 4. The fraction of sp³-hybridized carbons (Fsp3) is 0.714. The number of anilines is 1. The van der Waals surface area contributed by atoms with Crippen molar-refractivity contribution >= 4 is 22.4 Å². The number of nitrogens with zero attached hydrogens (tertiary/aromatic N) is 2. The van der Waals surface area contributed by atoms with Crippen molar-refractivity contribution in [3.05, 3.63) is 10.6 Å². The highest BCUT2D eigenvalue weighted by molar-refractivity contribution is 7.15. The molecule has 2 unspecified atom stereocenters. The minimum Gasteiger partial charge on any atom is -0.461 e. The van der Waals surface area contributed by atoms with E-state index >= 15 is 0 Å². The van der Waals surface area contributed by atoms with Gasteiger partial charge in [-0.3, -0.25) is 0 Å². The molecule has 2 atom stereocenters. The maximum Gasteiger partial charge on any atom is 0.358 e. The molecule has 0 radical (unpaired) electrons. The molecule has 0 aliphatic carbocycles. The maximum absolute atomic E-state index is 11.8. The second kappa shape index (κ2) is 5.90. The Morgan fingerprint density at radius 2 is 2.21 bits per heavy atom. The van der Waals surface area contributed by atoms with Crippen LogP contribution in [0.2, 0.25) is 0 Å². The highest BCUT2D eigenvalue weighted by Gasteiger charge is 2.32. The molecular weight excluding hydrogens is 260 g/mol. The first-order chi connectivity index (χ1) is 9.08. The van der Waals surface area contributed by atoms with Crippen molar-refractivity contribution < 1.29 is 9.53 Å². The lowest BCUT2D eigenvalue weighted by Gasteiger charge is -2.27. The van der Waals surface area contributed by atoms with Gasteiger partial charge in [0, 0.05) is 17.0 Å². The quantitative estimate of drug-likeness (QED) is 0.794. The molecule has 19 heavy (non-hydrogen) atoms. The van der Waals surface area contributed by atoms with E-state index in [9.17, 15) is 4.79 Å². The molecule has 106 valence electrons. The van der Waals surface area contributed by atoms with Crippen LogP contribution in [0, 0.1) is 6.92 Å². The molecule has 0 aromatic carbocycles. The van der Waals surface area contributed by atoms with E-state index < -0.39 is 0 Å². The molecule has 1 aromatic heterocycles. The number of aryl methyl sites for hydroxylation is 1. The summed E-state index contributed by atoms with van der Waals surface area (Å²) < 4.78 is 5.05. The molecule has 5 heteroatoms. The maximum atomic E-state index is 11.8. The number of carbonyl (C=O) groups is 1. The van der Waals surface area contributed by atoms with E-state index in [1.807, 2.05) is 13.8 Å².